The molecular formula is C23H43N. The molecule has 1 aliphatic rings. The lowest BCUT2D eigenvalue weighted by Gasteiger charge is -2.46. The fourth-order valence-electron chi connectivity index (χ4n) is 4.51. The number of nitrogens with one attached hydrogen (secondary N) is 1. The van der Waals surface area contributed by atoms with Crippen LogP contribution in [0.25, 0.3) is 0 Å². The molecule has 0 spiro atoms. The van der Waals surface area contributed by atoms with E-state index < -0.39 is 0 Å². The highest BCUT2D eigenvalue weighted by Crippen LogP contribution is 2.53. The van der Waals surface area contributed by atoms with E-state index in [0.717, 1.165) is 30.1 Å². The van der Waals surface area contributed by atoms with Gasteiger partial charge in [0.15, 0.2) is 0 Å². The predicted octanol–water partition coefficient (Wildman–Crippen LogP) is 6.61. The van der Waals surface area contributed by atoms with Crippen LogP contribution < -0.4 is 5.32 Å². The van der Waals surface area contributed by atoms with Crippen molar-refractivity contribution in [3.8, 4) is 0 Å². The van der Waals surface area contributed by atoms with Gasteiger partial charge in [-0.1, -0.05) is 58.4 Å². The Morgan fingerprint density at radius 2 is 1.79 bits per heavy atom. The summed E-state index contributed by atoms with van der Waals surface area (Å²) < 4.78 is 0. The Balaban J connectivity index is 3.03. The van der Waals surface area contributed by atoms with E-state index in [4.69, 9.17) is 0 Å². The zero-order chi connectivity index (χ0) is 18.5. The van der Waals surface area contributed by atoms with E-state index in [0.29, 0.717) is 5.41 Å². The van der Waals surface area contributed by atoms with Crippen LogP contribution in [-0.4, -0.2) is 12.6 Å². The van der Waals surface area contributed by atoms with Crippen molar-refractivity contribution in [3.63, 3.8) is 0 Å². The first-order valence-corrected chi connectivity index (χ1v) is 10.1. The monoisotopic (exact) mass is 333 g/mol. The summed E-state index contributed by atoms with van der Waals surface area (Å²) in [6.45, 7) is 19.0. The summed E-state index contributed by atoms with van der Waals surface area (Å²) >= 11 is 0. The molecule has 0 aliphatic heterocycles. The average molecular weight is 334 g/mol. The second kappa shape index (κ2) is 8.70. The highest BCUT2D eigenvalue weighted by atomic mass is 14.9. The van der Waals surface area contributed by atoms with Crippen molar-refractivity contribution in [2.45, 2.75) is 86.6 Å². The minimum atomic E-state index is 0.178. The van der Waals surface area contributed by atoms with Crippen LogP contribution in [0, 0.1) is 29.1 Å². The first-order valence-electron chi connectivity index (χ1n) is 10.1. The molecule has 0 bridgehead atoms. The average Bonchev–Trinajstić information content (AvgIpc) is 3.28. The highest BCUT2D eigenvalue weighted by Gasteiger charge is 2.45. The molecule has 5 atom stereocenters. The maximum atomic E-state index is 3.64. The fraction of sp³-hybridized carbons (Fsp3) is 0.826. The van der Waals surface area contributed by atoms with Gasteiger partial charge in [-0.3, -0.25) is 0 Å². The SMILES string of the molecule is CC=CCC(C)(CC(C)(CC1CC1=CC)C(C)C(C)C(C)C)NC. The van der Waals surface area contributed by atoms with Gasteiger partial charge in [-0.15, -0.1) is 0 Å². The minimum absolute atomic E-state index is 0.178. The van der Waals surface area contributed by atoms with Crippen molar-refractivity contribution >= 4 is 0 Å². The lowest BCUT2D eigenvalue weighted by molar-refractivity contribution is 0.0595. The Labute approximate surface area is 152 Å². The molecular weight excluding hydrogens is 290 g/mol. The van der Waals surface area contributed by atoms with E-state index in [1.807, 2.05) is 0 Å². The number of rotatable bonds is 10. The summed E-state index contributed by atoms with van der Waals surface area (Å²) in [5.74, 6) is 3.07. The van der Waals surface area contributed by atoms with E-state index in [9.17, 15) is 0 Å². The maximum absolute atomic E-state index is 3.64. The van der Waals surface area contributed by atoms with E-state index >= 15 is 0 Å². The molecule has 140 valence electrons. The third kappa shape index (κ3) is 5.48. The molecule has 1 heteroatoms. The van der Waals surface area contributed by atoms with Gasteiger partial charge in [0.2, 0.25) is 0 Å². The molecule has 1 rings (SSSR count). The minimum Gasteiger partial charge on any atom is -0.314 e. The van der Waals surface area contributed by atoms with E-state index in [2.05, 4.69) is 86.0 Å². The van der Waals surface area contributed by atoms with Gasteiger partial charge in [0, 0.05) is 5.54 Å². The summed E-state index contributed by atoms with van der Waals surface area (Å²) in [6, 6.07) is 0. The summed E-state index contributed by atoms with van der Waals surface area (Å²) in [7, 11) is 2.13. The van der Waals surface area contributed by atoms with Gasteiger partial charge in [-0.25, -0.2) is 0 Å². The quantitative estimate of drug-likeness (QED) is 0.443. The number of hydrogen-bond donors (Lipinski definition) is 1. The molecule has 1 N–H and O–H groups in total. The van der Waals surface area contributed by atoms with Crippen LogP contribution >= 0.6 is 0 Å². The Morgan fingerprint density at radius 1 is 1.17 bits per heavy atom. The van der Waals surface area contributed by atoms with Crippen LogP contribution in [0.4, 0.5) is 0 Å². The summed E-state index contributed by atoms with van der Waals surface area (Å²) in [5.41, 5.74) is 2.24. The Hall–Kier alpha value is -0.560. The van der Waals surface area contributed by atoms with E-state index in [1.54, 1.807) is 5.57 Å². The summed E-state index contributed by atoms with van der Waals surface area (Å²) in [6.07, 6.45) is 11.9. The van der Waals surface area contributed by atoms with Gasteiger partial charge in [0.25, 0.3) is 0 Å². The molecule has 0 aromatic heterocycles. The van der Waals surface area contributed by atoms with E-state index in [1.165, 1.54) is 19.3 Å². The van der Waals surface area contributed by atoms with Crippen LogP contribution in [0.3, 0.4) is 0 Å². The molecule has 0 aromatic carbocycles. The van der Waals surface area contributed by atoms with Gasteiger partial charge in [0.05, 0.1) is 0 Å². The summed E-state index contributed by atoms with van der Waals surface area (Å²) in [5, 5.41) is 3.64. The first-order chi connectivity index (χ1) is 11.1. The van der Waals surface area contributed by atoms with Crippen molar-refractivity contribution in [1.82, 2.24) is 5.32 Å². The fourth-order valence-corrected chi connectivity index (χ4v) is 4.51. The van der Waals surface area contributed by atoms with Crippen LogP contribution in [0.1, 0.15) is 81.1 Å². The van der Waals surface area contributed by atoms with Gasteiger partial charge in [0.1, 0.15) is 0 Å². The van der Waals surface area contributed by atoms with Gasteiger partial charge in [-0.2, -0.15) is 0 Å². The standard InChI is InChI=1S/C23H43N/c1-10-12-13-23(8,24-9)16-22(7,15-21-14-20(21)11-2)19(6)18(5)17(3)4/h10-12,17-19,21,24H,13-16H2,1-9H3. The van der Waals surface area contributed by atoms with Crippen molar-refractivity contribution in [2.75, 3.05) is 7.05 Å². The van der Waals surface area contributed by atoms with Crippen LogP contribution in [0.5, 0.6) is 0 Å². The molecule has 5 unspecified atom stereocenters. The lowest BCUT2D eigenvalue weighted by Crippen LogP contribution is -2.47. The van der Waals surface area contributed by atoms with E-state index in [-0.39, 0.29) is 5.54 Å². The molecule has 0 radical (unpaired) electrons. The van der Waals surface area contributed by atoms with Crippen LogP contribution in [0.15, 0.2) is 23.8 Å². The van der Waals surface area contributed by atoms with Crippen LogP contribution in [0.2, 0.25) is 0 Å². The van der Waals surface area contributed by atoms with Crippen molar-refractivity contribution in [2.24, 2.45) is 29.1 Å². The molecule has 1 nitrogen and oxygen atoms in total. The molecule has 0 heterocycles. The molecule has 0 aromatic rings. The summed E-state index contributed by atoms with van der Waals surface area (Å²) in [4.78, 5) is 0. The number of allylic oxidation sites excluding steroid dienone is 3. The lowest BCUT2D eigenvalue weighted by atomic mass is 9.61. The third-order valence-electron chi connectivity index (χ3n) is 7.07. The Bertz CT molecular complexity index is 447. The van der Waals surface area contributed by atoms with Gasteiger partial charge >= 0.3 is 0 Å². The normalized spacial score (nSPS) is 27.2. The second-order valence-electron chi connectivity index (χ2n) is 9.28. The molecule has 0 amide bonds. The zero-order valence-electron chi connectivity index (χ0n) is 17.9. The molecule has 1 aliphatic carbocycles. The van der Waals surface area contributed by atoms with Crippen molar-refractivity contribution in [3.05, 3.63) is 23.8 Å². The smallest absolute Gasteiger partial charge is 0.0190 e. The van der Waals surface area contributed by atoms with Crippen molar-refractivity contribution < 1.29 is 0 Å². The topological polar surface area (TPSA) is 12.0 Å². The van der Waals surface area contributed by atoms with Crippen LogP contribution in [-0.2, 0) is 0 Å². The zero-order valence-corrected chi connectivity index (χ0v) is 17.9. The van der Waals surface area contributed by atoms with Gasteiger partial charge in [-0.05, 0) is 82.6 Å². The molecule has 0 saturated heterocycles. The molecule has 1 fully saturated rings. The molecule has 1 saturated carbocycles. The molecule has 24 heavy (non-hydrogen) atoms. The number of hydrogen-bond acceptors (Lipinski definition) is 1. The first kappa shape index (κ1) is 21.5. The predicted molar refractivity (Wildman–Crippen MR) is 109 cm³/mol. The van der Waals surface area contributed by atoms with Gasteiger partial charge < -0.3 is 5.32 Å². The largest absolute Gasteiger partial charge is 0.314 e. The maximum Gasteiger partial charge on any atom is 0.0190 e. The Morgan fingerprint density at radius 3 is 2.21 bits per heavy atom. The second-order valence-corrected chi connectivity index (χ2v) is 9.28. The van der Waals surface area contributed by atoms with Crippen molar-refractivity contribution in [1.29, 1.82) is 0 Å². The Kier molecular flexibility index (Phi) is 7.78. The third-order valence-corrected chi connectivity index (χ3v) is 7.07. The highest BCUT2D eigenvalue weighted by molar-refractivity contribution is 5.23.